The summed E-state index contributed by atoms with van der Waals surface area (Å²) in [5, 5.41) is 6.75. The predicted molar refractivity (Wildman–Crippen MR) is 83.3 cm³/mol. The normalized spacial score (nSPS) is 18.3. The molecule has 1 heterocycles. The van der Waals surface area contributed by atoms with E-state index in [9.17, 15) is 0 Å². The second kappa shape index (κ2) is 12.5. The van der Waals surface area contributed by atoms with E-state index >= 15 is 0 Å². The number of rotatable bonds is 12. The third kappa shape index (κ3) is 9.66. The molecule has 1 rings (SSSR count). The molecule has 0 spiro atoms. The highest BCUT2D eigenvalue weighted by atomic mass is 16.5. The Hall–Kier alpha value is -0.200. The minimum Gasteiger partial charge on any atom is -0.378 e. The molecule has 1 unspecified atom stereocenters. The third-order valence-corrected chi connectivity index (χ3v) is 3.75. The second-order valence-corrected chi connectivity index (χ2v) is 5.53. The van der Waals surface area contributed by atoms with Crippen molar-refractivity contribution in [2.24, 2.45) is 5.92 Å². The highest BCUT2D eigenvalue weighted by molar-refractivity contribution is 4.66. The van der Waals surface area contributed by atoms with Crippen LogP contribution in [0, 0.1) is 5.92 Å². The van der Waals surface area contributed by atoms with E-state index in [2.05, 4.69) is 29.4 Å². The fourth-order valence-electron chi connectivity index (χ4n) is 2.09. The van der Waals surface area contributed by atoms with E-state index in [0.717, 1.165) is 64.9 Å². The number of nitrogens with zero attached hydrogens (tertiary/aromatic N) is 1. The Balaban J connectivity index is 1.74. The van der Waals surface area contributed by atoms with Gasteiger partial charge in [-0.25, -0.2) is 0 Å². The molecule has 5 heteroatoms. The van der Waals surface area contributed by atoms with Crippen LogP contribution in [-0.4, -0.2) is 77.1 Å². The first-order chi connectivity index (χ1) is 9.83. The molecule has 0 radical (unpaired) electrons. The van der Waals surface area contributed by atoms with E-state index in [1.807, 2.05) is 0 Å². The van der Waals surface area contributed by atoms with Gasteiger partial charge in [-0.3, -0.25) is 4.90 Å². The first kappa shape index (κ1) is 17.9. The number of hydrogen-bond acceptors (Lipinski definition) is 5. The van der Waals surface area contributed by atoms with E-state index in [1.54, 1.807) is 0 Å². The van der Waals surface area contributed by atoms with Crippen molar-refractivity contribution in [3.63, 3.8) is 0 Å². The molecule has 0 bridgehead atoms. The van der Waals surface area contributed by atoms with Crippen LogP contribution in [0.3, 0.4) is 0 Å². The highest BCUT2D eigenvalue weighted by Crippen LogP contribution is 1.96. The Labute approximate surface area is 124 Å². The SMILES string of the molecule is CCC(C)CNCCOCCOCCN1CCNCC1. The van der Waals surface area contributed by atoms with Gasteiger partial charge in [0.1, 0.15) is 0 Å². The smallest absolute Gasteiger partial charge is 0.0701 e. The second-order valence-electron chi connectivity index (χ2n) is 5.53. The highest BCUT2D eigenvalue weighted by Gasteiger charge is 2.08. The maximum absolute atomic E-state index is 5.59. The number of nitrogens with one attached hydrogen (secondary N) is 2. The van der Waals surface area contributed by atoms with Crippen LogP contribution >= 0.6 is 0 Å². The molecule has 20 heavy (non-hydrogen) atoms. The Morgan fingerprint density at radius 3 is 2.50 bits per heavy atom. The van der Waals surface area contributed by atoms with Gasteiger partial charge in [0.2, 0.25) is 0 Å². The molecule has 5 nitrogen and oxygen atoms in total. The van der Waals surface area contributed by atoms with Crippen molar-refractivity contribution in [1.29, 1.82) is 0 Å². The van der Waals surface area contributed by atoms with Crippen LogP contribution in [-0.2, 0) is 9.47 Å². The molecule has 0 aromatic rings. The van der Waals surface area contributed by atoms with Gasteiger partial charge < -0.3 is 20.1 Å². The average Bonchev–Trinajstić information content (AvgIpc) is 2.50. The largest absolute Gasteiger partial charge is 0.378 e. The molecule has 120 valence electrons. The lowest BCUT2D eigenvalue weighted by atomic mass is 10.1. The molecule has 1 saturated heterocycles. The topological polar surface area (TPSA) is 45.8 Å². The third-order valence-electron chi connectivity index (χ3n) is 3.75. The quantitative estimate of drug-likeness (QED) is 0.514. The van der Waals surface area contributed by atoms with Crippen molar-refractivity contribution in [2.75, 3.05) is 72.2 Å². The van der Waals surface area contributed by atoms with E-state index in [0.29, 0.717) is 13.2 Å². The Bertz CT molecular complexity index is 211. The zero-order chi connectivity index (χ0) is 14.5. The lowest BCUT2D eigenvalue weighted by Gasteiger charge is -2.26. The van der Waals surface area contributed by atoms with Crippen LogP contribution in [0.25, 0.3) is 0 Å². The van der Waals surface area contributed by atoms with Gasteiger partial charge in [-0.1, -0.05) is 20.3 Å². The van der Waals surface area contributed by atoms with E-state index in [1.165, 1.54) is 6.42 Å². The molecule has 0 saturated carbocycles. The van der Waals surface area contributed by atoms with Crippen LogP contribution in [0.15, 0.2) is 0 Å². The van der Waals surface area contributed by atoms with Crippen LogP contribution in [0.1, 0.15) is 20.3 Å². The van der Waals surface area contributed by atoms with Crippen molar-refractivity contribution < 1.29 is 9.47 Å². The lowest BCUT2D eigenvalue weighted by molar-refractivity contribution is 0.0382. The molecule has 1 atom stereocenters. The minimum atomic E-state index is 0.701. The van der Waals surface area contributed by atoms with Gasteiger partial charge in [-0.05, 0) is 12.5 Å². The molecule has 1 aliphatic rings. The average molecular weight is 287 g/mol. The summed E-state index contributed by atoms with van der Waals surface area (Å²) in [6.45, 7) is 15.0. The van der Waals surface area contributed by atoms with Gasteiger partial charge in [0.15, 0.2) is 0 Å². The molecule has 0 aliphatic carbocycles. The maximum Gasteiger partial charge on any atom is 0.0701 e. The molecular weight excluding hydrogens is 254 g/mol. The zero-order valence-electron chi connectivity index (χ0n) is 13.3. The Kier molecular flexibility index (Phi) is 11.2. The van der Waals surface area contributed by atoms with Gasteiger partial charge in [-0.2, -0.15) is 0 Å². The van der Waals surface area contributed by atoms with Gasteiger partial charge >= 0.3 is 0 Å². The van der Waals surface area contributed by atoms with Gasteiger partial charge in [0, 0.05) is 39.3 Å². The molecule has 0 aromatic heterocycles. The van der Waals surface area contributed by atoms with Crippen LogP contribution < -0.4 is 10.6 Å². The van der Waals surface area contributed by atoms with Crippen LogP contribution in [0.4, 0.5) is 0 Å². The summed E-state index contributed by atoms with van der Waals surface area (Å²) in [5.41, 5.74) is 0. The van der Waals surface area contributed by atoms with E-state index < -0.39 is 0 Å². The number of piperazine rings is 1. The van der Waals surface area contributed by atoms with Crippen molar-refractivity contribution in [3.05, 3.63) is 0 Å². The molecule has 0 aromatic carbocycles. The van der Waals surface area contributed by atoms with Crippen LogP contribution in [0.5, 0.6) is 0 Å². The van der Waals surface area contributed by atoms with E-state index in [4.69, 9.17) is 9.47 Å². The standard InChI is InChI=1S/C15H33N3O2/c1-3-15(2)14-17-6-10-19-12-13-20-11-9-18-7-4-16-5-8-18/h15-17H,3-14H2,1-2H3. The molecule has 0 amide bonds. The predicted octanol–water partition coefficient (Wildman–Crippen LogP) is 0.561. The van der Waals surface area contributed by atoms with Gasteiger partial charge in [0.25, 0.3) is 0 Å². The van der Waals surface area contributed by atoms with Crippen molar-refractivity contribution >= 4 is 0 Å². The first-order valence-corrected chi connectivity index (χ1v) is 8.12. The summed E-state index contributed by atoms with van der Waals surface area (Å²) >= 11 is 0. The van der Waals surface area contributed by atoms with Crippen LogP contribution in [0.2, 0.25) is 0 Å². The Morgan fingerprint density at radius 2 is 1.80 bits per heavy atom. The zero-order valence-corrected chi connectivity index (χ0v) is 13.3. The van der Waals surface area contributed by atoms with Crippen molar-refractivity contribution in [3.8, 4) is 0 Å². The molecule has 1 aliphatic heterocycles. The summed E-state index contributed by atoms with van der Waals surface area (Å²) < 4.78 is 11.1. The summed E-state index contributed by atoms with van der Waals surface area (Å²) in [5.74, 6) is 0.753. The van der Waals surface area contributed by atoms with Gasteiger partial charge in [0.05, 0.1) is 26.4 Å². The Morgan fingerprint density at radius 1 is 1.10 bits per heavy atom. The summed E-state index contributed by atoms with van der Waals surface area (Å²) in [7, 11) is 0. The first-order valence-electron chi connectivity index (χ1n) is 8.12. The fraction of sp³-hybridized carbons (Fsp3) is 1.00. The fourth-order valence-corrected chi connectivity index (χ4v) is 2.09. The number of ether oxygens (including phenoxy) is 2. The summed E-state index contributed by atoms with van der Waals surface area (Å²) in [6, 6.07) is 0. The minimum absolute atomic E-state index is 0.701. The monoisotopic (exact) mass is 287 g/mol. The molecule has 1 fully saturated rings. The maximum atomic E-state index is 5.59. The van der Waals surface area contributed by atoms with E-state index in [-0.39, 0.29) is 0 Å². The summed E-state index contributed by atoms with van der Waals surface area (Å²) in [4.78, 5) is 2.44. The number of hydrogen-bond donors (Lipinski definition) is 2. The van der Waals surface area contributed by atoms with Crippen molar-refractivity contribution in [1.82, 2.24) is 15.5 Å². The summed E-state index contributed by atoms with van der Waals surface area (Å²) in [6.07, 6.45) is 1.23. The van der Waals surface area contributed by atoms with Crippen molar-refractivity contribution in [2.45, 2.75) is 20.3 Å². The van der Waals surface area contributed by atoms with Gasteiger partial charge in [-0.15, -0.1) is 0 Å². The molecule has 2 N–H and O–H groups in total. The molecular formula is C15H33N3O2. The lowest BCUT2D eigenvalue weighted by Crippen LogP contribution is -2.44.